The van der Waals surface area contributed by atoms with Gasteiger partial charge in [0.25, 0.3) is 0 Å². The normalized spacial score (nSPS) is 11.5. The predicted molar refractivity (Wildman–Crippen MR) is 65.6 cm³/mol. The summed E-state index contributed by atoms with van der Waals surface area (Å²) in [6.45, 7) is 0. The van der Waals surface area contributed by atoms with Crippen LogP contribution in [0.5, 0.6) is 0 Å². The van der Waals surface area contributed by atoms with Gasteiger partial charge < -0.3 is 5.73 Å². The van der Waals surface area contributed by atoms with Crippen molar-refractivity contribution in [2.45, 2.75) is 6.18 Å². The van der Waals surface area contributed by atoms with E-state index in [9.17, 15) is 26.7 Å². The highest BCUT2D eigenvalue weighted by Crippen LogP contribution is 2.32. The molecule has 2 nitrogen and oxygen atoms in total. The molecule has 2 rings (SSSR count). The number of ketones is 1. The Morgan fingerprint density at radius 2 is 1.62 bits per heavy atom. The Morgan fingerprint density at radius 1 is 0.952 bits per heavy atom. The van der Waals surface area contributed by atoms with Crippen LogP contribution in [0.4, 0.5) is 27.6 Å². The second kappa shape index (κ2) is 5.16. The summed E-state index contributed by atoms with van der Waals surface area (Å²) >= 11 is 0. The SMILES string of the molecule is Nc1ccc(C(F)(F)F)cc1C(=O)c1ccc(F)c(F)c1. The zero-order chi connectivity index (χ0) is 15.8. The second-order valence-electron chi connectivity index (χ2n) is 4.26. The van der Waals surface area contributed by atoms with E-state index in [1.807, 2.05) is 0 Å². The van der Waals surface area contributed by atoms with Crippen molar-refractivity contribution in [3.05, 3.63) is 64.7 Å². The number of hydrogen-bond donors (Lipinski definition) is 1. The van der Waals surface area contributed by atoms with E-state index in [1.54, 1.807) is 0 Å². The Hall–Kier alpha value is -2.44. The molecule has 7 heteroatoms. The van der Waals surface area contributed by atoms with Crippen LogP contribution in [0.3, 0.4) is 0 Å². The molecule has 0 saturated heterocycles. The van der Waals surface area contributed by atoms with Crippen molar-refractivity contribution < 1.29 is 26.7 Å². The van der Waals surface area contributed by atoms with E-state index >= 15 is 0 Å². The van der Waals surface area contributed by atoms with Gasteiger partial charge in [-0.25, -0.2) is 8.78 Å². The highest BCUT2D eigenvalue weighted by Gasteiger charge is 2.31. The fraction of sp³-hybridized carbons (Fsp3) is 0.0714. The molecule has 110 valence electrons. The molecule has 21 heavy (non-hydrogen) atoms. The number of carbonyl (C=O) groups excluding carboxylic acids is 1. The molecule has 0 aliphatic rings. The Kier molecular flexibility index (Phi) is 3.67. The number of halogens is 5. The van der Waals surface area contributed by atoms with E-state index in [0.717, 1.165) is 18.2 Å². The standard InChI is InChI=1S/C14H8F5NO/c15-10-3-1-7(5-11(10)16)13(21)9-6-8(14(17,18)19)2-4-12(9)20/h1-6H,20H2. The molecular formula is C14H8F5NO. The van der Waals surface area contributed by atoms with Crippen molar-refractivity contribution in [1.29, 1.82) is 0 Å². The van der Waals surface area contributed by atoms with Crippen molar-refractivity contribution >= 4 is 11.5 Å². The van der Waals surface area contributed by atoms with E-state index < -0.39 is 34.7 Å². The number of nitrogen functional groups attached to an aromatic ring is 1. The third-order valence-corrected chi connectivity index (χ3v) is 2.81. The minimum atomic E-state index is -4.64. The van der Waals surface area contributed by atoms with E-state index in [0.29, 0.717) is 18.2 Å². The lowest BCUT2D eigenvalue weighted by atomic mass is 9.99. The molecule has 0 unspecified atom stereocenters. The quantitative estimate of drug-likeness (QED) is 0.521. The fourth-order valence-electron chi connectivity index (χ4n) is 1.72. The molecule has 2 aromatic carbocycles. The fourth-order valence-corrected chi connectivity index (χ4v) is 1.72. The molecule has 0 bridgehead atoms. The third kappa shape index (κ3) is 3.01. The average molecular weight is 301 g/mol. The van der Waals surface area contributed by atoms with Crippen LogP contribution in [0.15, 0.2) is 36.4 Å². The minimum Gasteiger partial charge on any atom is -0.398 e. The van der Waals surface area contributed by atoms with Gasteiger partial charge in [-0.2, -0.15) is 13.2 Å². The van der Waals surface area contributed by atoms with E-state index in [-0.39, 0.29) is 11.3 Å². The van der Waals surface area contributed by atoms with Crippen LogP contribution in [0.1, 0.15) is 21.5 Å². The molecule has 0 aliphatic carbocycles. The van der Waals surface area contributed by atoms with Crippen molar-refractivity contribution in [2.24, 2.45) is 0 Å². The van der Waals surface area contributed by atoms with Crippen LogP contribution in [0.25, 0.3) is 0 Å². The van der Waals surface area contributed by atoms with Crippen molar-refractivity contribution in [2.75, 3.05) is 5.73 Å². The van der Waals surface area contributed by atoms with Crippen LogP contribution in [-0.4, -0.2) is 5.78 Å². The molecule has 0 spiro atoms. The summed E-state index contributed by atoms with van der Waals surface area (Å²) in [6, 6.07) is 4.55. The summed E-state index contributed by atoms with van der Waals surface area (Å²) < 4.78 is 63.8. The molecule has 0 saturated carbocycles. The zero-order valence-electron chi connectivity index (χ0n) is 10.3. The zero-order valence-corrected chi connectivity index (χ0v) is 10.3. The van der Waals surface area contributed by atoms with Gasteiger partial charge in [-0.05, 0) is 36.4 Å². The highest BCUT2D eigenvalue weighted by atomic mass is 19.4. The molecule has 0 heterocycles. The Labute approximate surface area is 116 Å². The van der Waals surface area contributed by atoms with Crippen LogP contribution in [0, 0.1) is 11.6 Å². The Bertz CT molecular complexity index is 709. The Morgan fingerprint density at radius 3 is 2.19 bits per heavy atom. The minimum absolute atomic E-state index is 0.183. The maximum absolute atomic E-state index is 13.1. The van der Waals surface area contributed by atoms with Crippen LogP contribution in [-0.2, 0) is 6.18 Å². The summed E-state index contributed by atoms with van der Waals surface area (Å²) in [5.74, 6) is -3.35. The summed E-state index contributed by atoms with van der Waals surface area (Å²) in [5.41, 5.74) is 3.53. The molecule has 0 atom stereocenters. The number of alkyl halides is 3. The molecular weight excluding hydrogens is 293 g/mol. The molecule has 0 radical (unpaired) electrons. The van der Waals surface area contributed by atoms with Gasteiger partial charge in [-0.1, -0.05) is 0 Å². The lowest BCUT2D eigenvalue weighted by Gasteiger charge is -2.10. The third-order valence-electron chi connectivity index (χ3n) is 2.81. The van der Waals surface area contributed by atoms with Gasteiger partial charge in [0.15, 0.2) is 17.4 Å². The number of benzene rings is 2. The van der Waals surface area contributed by atoms with Gasteiger partial charge in [-0.15, -0.1) is 0 Å². The van der Waals surface area contributed by atoms with Gasteiger partial charge in [0.05, 0.1) is 5.56 Å². The van der Waals surface area contributed by atoms with Gasteiger partial charge in [0, 0.05) is 16.8 Å². The summed E-state index contributed by atoms with van der Waals surface area (Å²) in [4.78, 5) is 12.1. The molecule has 0 aromatic heterocycles. The first-order valence-corrected chi connectivity index (χ1v) is 5.66. The van der Waals surface area contributed by atoms with Crippen molar-refractivity contribution in [1.82, 2.24) is 0 Å². The smallest absolute Gasteiger partial charge is 0.398 e. The first kappa shape index (κ1) is 15.0. The topological polar surface area (TPSA) is 43.1 Å². The first-order valence-electron chi connectivity index (χ1n) is 5.66. The predicted octanol–water partition coefficient (Wildman–Crippen LogP) is 3.80. The summed E-state index contributed by atoms with van der Waals surface area (Å²) in [7, 11) is 0. The molecule has 0 aliphatic heterocycles. The number of nitrogens with two attached hydrogens (primary N) is 1. The van der Waals surface area contributed by atoms with Crippen molar-refractivity contribution in [3.8, 4) is 0 Å². The molecule has 2 aromatic rings. The molecule has 2 N–H and O–H groups in total. The second-order valence-corrected chi connectivity index (χ2v) is 4.26. The first-order chi connectivity index (χ1) is 9.70. The number of carbonyl (C=O) groups is 1. The molecule has 0 amide bonds. The lowest BCUT2D eigenvalue weighted by Crippen LogP contribution is -2.11. The van der Waals surface area contributed by atoms with Crippen LogP contribution >= 0.6 is 0 Å². The Balaban J connectivity index is 2.50. The summed E-state index contributed by atoms with van der Waals surface area (Å²) in [6.07, 6.45) is -4.64. The summed E-state index contributed by atoms with van der Waals surface area (Å²) in [5, 5.41) is 0. The van der Waals surface area contributed by atoms with Gasteiger partial charge in [0.2, 0.25) is 0 Å². The number of rotatable bonds is 2. The number of anilines is 1. The highest BCUT2D eigenvalue weighted by molar-refractivity contribution is 6.12. The van der Waals surface area contributed by atoms with Crippen molar-refractivity contribution in [3.63, 3.8) is 0 Å². The van der Waals surface area contributed by atoms with Crippen LogP contribution in [0.2, 0.25) is 0 Å². The van der Waals surface area contributed by atoms with Crippen LogP contribution < -0.4 is 5.73 Å². The monoisotopic (exact) mass is 301 g/mol. The largest absolute Gasteiger partial charge is 0.416 e. The molecule has 0 fully saturated rings. The maximum Gasteiger partial charge on any atom is 0.416 e. The van der Waals surface area contributed by atoms with Gasteiger partial charge in [-0.3, -0.25) is 4.79 Å². The average Bonchev–Trinajstić information content (AvgIpc) is 2.40. The van der Waals surface area contributed by atoms with Gasteiger partial charge in [0.1, 0.15) is 0 Å². The number of hydrogen-bond acceptors (Lipinski definition) is 2. The van der Waals surface area contributed by atoms with E-state index in [2.05, 4.69) is 0 Å². The lowest BCUT2D eigenvalue weighted by molar-refractivity contribution is -0.137. The van der Waals surface area contributed by atoms with E-state index in [4.69, 9.17) is 5.73 Å². The van der Waals surface area contributed by atoms with Gasteiger partial charge >= 0.3 is 6.18 Å². The van der Waals surface area contributed by atoms with E-state index in [1.165, 1.54) is 0 Å². The maximum atomic E-state index is 13.1.